The molecule has 98 valence electrons. The summed E-state index contributed by atoms with van der Waals surface area (Å²) in [5.74, 6) is 0. The van der Waals surface area contributed by atoms with Crippen LogP contribution in [-0.4, -0.2) is 25.0 Å². The highest BCUT2D eigenvalue weighted by molar-refractivity contribution is 7.11. The minimum atomic E-state index is 0.991. The normalized spacial score (nSPS) is 11.3. The Morgan fingerprint density at radius 3 is 2.78 bits per heavy atom. The third-order valence-electron chi connectivity index (χ3n) is 2.77. The van der Waals surface area contributed by atoms with Crippen molar-refractivity contribution in [1.29, 1.82) is 0 Å². The van der Waals surface area contributed by atoms with Crippen LogP contribution in [0.2, 0.25) is 0 Å². The first-order valence-electron chi connectivity index (χ1n) is 6.21. The van der Waals surface area contributed by atoms with Crippen molar-refractivity contribution in [3.05, 3.63) is 44.3 Å². The summed E-state index contributed by atoms with van der Waals surface area (Å²) in [5.41, 5.74) is 0. The number of hydrogen-bond donors (Lipinski definition) is 1. The van der Waals surface area contributed by atoms with Gasteiger partial charge in [0.05, 0.1) is 0 Å². The van der Waals surface area contributed by atoms with Crippen LogP contribution in [0.1, 0.15) is 14.6 Å². The summed E-state index contributed by atoms with van der Waals surface area (Å²) in [4.78, 5) is 6.61. The summed E-state index contributed by atoms with van der Waals surface area (Å²) in [6.45, 7) is 6.33. The van der Waals surface area contributed by atoms with Gasteiger partial charge in [-0.3, -0.25) is 0 Å². The lowest BCUT2D eigenvalue weighted by molar-refractivity contribution is 0.327. The van der Waals surface area contributed by atoms with E-state index in [1.165, 1.54) is 14.6 Å². The SMILES string of the molecule is Cc1ccc(CNCCN(C)Cc2cccs2)s1. The van der Waals surface area contributed by atoms with Gasteiger partial charge in [-0.05, 0) is 37.6 Å². The average molecular weight is 280 g/mol. The van der Waals surface area contributed by atoms with Crippen molar-refractivity contribution < 1.29 is 0 Å². The number of aryl methyl sites for hydroxylation is 1. The van der Waals surface area contributed by atoms with Crippen molar-refractivity contribution in [2.45, 2.75) is 20.0 Å². The van der Waals surface area contributed by atoms with Crippen molar-refractivity contribution in [2.24, 2.45) is 0 Å². The van der Waals surface area contributed by atoms with Crippen LogP contribution in [-0.2, 0) is 13.1 Å². The van der Waals surface area contributed by atoms with Crippen LogP contribution < -0.4 is 5.32 Å². The van der Waals surface area contributed by atoms with Gasteiger partial charge in [-0.25, -0.2) is 0 Å². The zero-order chi connectivity index (χ0) is 12.8. The Morgan fingerprint density at radius 1 is 1.22 bits per heavy atom. The average Bonchev–Trinajstić information content (AvgIpc) is 2.96. The molecule has 0 saturated heterocycles. The quantitative estimate of drug-likeness (QED) is 0.783. The number of nitrogens with zero attached hydrogens (tertiary/aromatic N) is 1. The van der Waals surface area contributed by atoms with E-state index >= 15 is 0 Å². The number of hydrogen-bond acceptors (Lipinski definition) is 4. The van der Waals surface area contributed by atoms with E-state index in [0.717, 1.165) is 26.2 Å². The molecule has 0 aliphatic carbocycles. The first kappa shape index (κ1) is 13.7. The molecule has 2 rings (SSSR count). The van der Waals surface area contributed by atoms with Gasteiger partial charge in [0.15, 0.2) is 0 Å². The van der Waals surface area contributed by atoms with Crippen LogP contribution in [0.4, 0.5) is 0 Å². The number of thiophene rings is 2. The Balaban J connectivity index is 1.60. The van der Waals surface area contributed by atoms with E-state index in [4.69, 9.17) is 0 Å². The minimum Gasteiger partial charge on any atom is -0.311 e. The molecule has 2 heterocycles. The Labute approximate surface area is 117 Å². The molecule has 2 aromatic rings. The van der Waals surface area contributed by atoms with E-state index in [9.17, 15) is 0 Å². The lowest BCUT2D eigenvalue weighted by atomic mass is 10.4. The lowest BCUT2D eigenvalue weighted by Gasteiger charge is -2.15. The second-order valence-corrected chi connectivity index (χ2v) is 6.91. The van der Waals surface area contributed by atoms with Crippen LogP contribution in [0, 0.1) is 6.92 Å². The second kappa shape index (κ2) is 7.04. The van der Waals surface area contributed by atoms with Gasteiger partial charge < -0.3 is 10.2 Å². The topological polar surface area (TPSA) is 15.3 Å². The highest BCUT2D eigenvalue weighted by Gasteiger charge is 2.01. The third kappa shape index (κ3) is 4.53. The molecule has 0 atom stereocenters. The van der Waals surface area contributed by atoms with E-state index in [1.807, 2.05) is 22.7 Å². The molecule has 0 radical (unpaired) electrons. The van der Waals surface area contributed by atoms with E-state index in [1.54, 1.807) is 0 Å². The molecule has 0 fully saturated rings. The fourth-order valence-electron chi connectivity index (χ4n) is 1.81. The van der Waals surface area contributed by atoms with Gasteiger partial charge in [-0.2, -0.15) is 0 Å². The summed E-state index contributed by atoms with van der Waals surface area (Å²) in [7, 11) is 2.18. The van der Waals surface area contributed by atoms with E-state index in [0.29, 0.717) is 0 Å². The largest absolute Gasteiger partial charge is 0.311 e. The molecule has 2 nitrogen and oxygen atoms in total. The van der Waals surface area contributed by atoms with Crippen molar-refractivity contribution in [3.8, 4) is 0 Å². The summed E-state index contributed by atoms with van der Waals surface area (Å²) >= 11 is 3.71. The second-order valence-electron chi connectivity index (χ2n) is 4.51. The zero-order valence-electron chi connectivity index (χ0n) is 11.0. The van der Waals surface area contributed by atoms with E-state index in [-0.39, 0.29) is 0 Å². The summed E-state index contributed by atoms with van der Waals surface area (Å²) in [6, 6.07) is 8.71. The molecular formula is C14H20N2S2. The Morgan fingerprint density at radius 2 is 2.11 bits per heavy atom. The molecule has 0 amide bonds. The molecule has 1 N–H and O–H groups in total. The number of rotatable bonds is 7. The zero-order valence-corrected chi connectivity index (χ0v) is 12.6. The van der Waals surface area contributed by atoms with Gasteiger partial charge in [-0.15, -0.1) is 22.7 Å². The van der Waals surface area contributed by atoms with Crippen LogP contribution in [0.3, 0.4) is 0 Å². The number of nitrogens with one attached hydrogen (secondary N) is 1. The first-order valence-corrected chi connectivity index (χ1v) is 7.90. The van der Waals surface area contributed by atoms with Gasteiger partial charge in [0, 0.05) is 40.8 Å². The van der Waals surface area contributed by atoms with Crippen LogP contribution >= 0.6 is 22.7 Å². The minimum absolute atomic E-state index is 0.991. The van der Waals surface area contributed by atoms with Crippen molar-refractivity contribution in [1.82, 2.24) is 10.2 Å². The lowest BCUT2D eigenvalue weighted by Crippen LogP contribution is -2.28. The molecule has 0 aromatic carbocycles. The van der Waals surface area contributed by atoms with Gasteiger partial charge in [0.1, 0.15) is 0 Å². The van der Waals surface area contributed by atoms with Crippen LogP contribution in [0.15, 0.2) is 29.6 Å². The van der Waals surface area contributed by atoms with Gasteiger partial charge in [0.2, 0.25) is 0 Å². The maximum Gasteiger partial charge on any atom is 0.0325 e. The smallest absolute Gasteiger partial charge is 0.0325 e. The highest BCUT2D eigenvalue weighted by Crippen LogP contribution is 2.14. The van der Waals surface area contributed by atoms with Gasteiger partial charge >= 0.3 is 0 Å². The molecule has 2 aromatic heterocycles. The first-order chi connectivity index (χ1) is 8.74. The van der Waals surface area contributed by atoms with Crippen molar-refractivity contribution in [2.75, 3.05) is 20.1 Å². The van der Waals surface area contributed by atoms with Gasteiger partial charge in [-0.1, -0.05) is 6.07 Å². The summed E-state index contributed by atoms with van der Waals surface area (Å²) < 4.78 is 0. The predicted molar refractivity (Wildman–Crippen MR) is 81.4 cm³/mol. The van der Waals surface area contributed by atoms with Crippen LogP contribution in [0.5, 0.6) is 0 Å². The van der Waals surface area contributed by atoms with Gasteiger partial charge in [0.25, 0.3) is 0 Å². The fourth-order valence-corrected chi connectivity index (χ4v) is 3.45. The van der Waals surface area contributed by atoms with E-state index < -0.39 is 0 Å². The molecular weight excluding hydrogens is 260 g/mol. The standard InChI is InChI=1S/C14H20N2S2/c1-12-5-6-13(18-12)10-15-7-8-16(2)11-14-4-3-9-17-14/h3-6,9,15H,7-8,10-11H2,1-2H3. The van der Waals surface area contributed by atoms with Crippen LogP contribution in [0.25, 0.3) is 0 Å². The van der Waals surface area contributed by atoms with E-state index in [2.05, 4.69) is 53.8 Å². The van der Waals surface area contributed by atoms with Crippen molar-refractivity contribution in [3.63, 3.8) is 0 Å². The summed E-state index contributed by atoms with van der Waals surface area (Å²) in [6.07, 6.45) is 0. The fraction of sp³-hybridized carbons (Fsp3) is 0.429. The molecule has 0 spiro atoms. The van der Waals surface area contributed by atoms with Crippen molar-refractivity contribution >= 4 is 22.7 Å². The molecule has 0 bridgehead atoms. The molecule has 0 saturated carbocycles. The molecule has 0 unspecified atom stereocenters. The Hall–Kier alpha value is -0.680. The Kier molecular flexibility index (Phi) is 5.38. The maximum atomic E-state index is 3.50. The Bertz CT molecular complexity index is 448. The number of likely N-dealkylation sites (N-methyl/N-ethyl adjacent to an activating group) is 1. The third-order valence-corrected chi connectivity index (χ3v) is 4.63. The maximum absolute atomic E-state index is 3.50. The predicted octanol–water partition coefficient (Wildman–Crippen LogP) is 3.34. The molecule has 4 heteroatoms. The monoisotopic (exact) mass is 280 g/mol. The summed E-state index contributed by atoms with van der Waals surface area (Å²) in [5, 5.41) is 5.64. The molecule has 18 heavy (non-hydrogen) atoms. The molecule has 0 aliphatic rings. The highest BCUT2D eigenvalue weighted by atomic mass is 32.1. The molecule has 0 aliphatic heterocycles.